The molecule has 0 aliphatic rings. The first-order valence-electron chi connectivity index (χ1n) is 7.56. The molecule has 0 amide bonds. The molecule has 0 bridgehead atoms. The molecule has 1 atom stereocenters. The molecule has 3 nitrogen and oxygen atoms in total. The highest BCUT2D eigenvalue weighted by molar-refractivity contribution is 6.03. The van der Waals surface area contributed by atoms with Crippen molar-refractivity contribution in [3.05, 3.63) is 29.8 Å². The smallest absolute Gasteiger partial charge is 0.182 e. The molecule has 3 heteroatoms. The van der Waals surface area contributed by atoms with Gasteiger partial charge in [0.1, 0.15) is 5.75 Å². The average Bonchev–Trinajstić information content (AvgIpc) is 2.48. The number of benzene rings is 1. The topological polar surface area (TPSA) is 29.5 Å². The highest BCUT2D eigenvalue weighted by atomic mass is 16.5. The van der Waals surface area contributed by atoms with Crippen molar-refractivity contribution in [1.29, 1.82) is 0 Å². The van der Waals surface area contributed by atoms with E-state index in [4.69, 9.17) is 4.74 Å². The zero-order valence-corrected chi connectivity index (χ0v) is 13.4. The Balaban J connectivity index is 3.01. The second kappa shape index (κ2) is 7.44. The van der Waals surface area contributed by atoms with Crippen LogP contribution in [-0.4, -0.2) is 35.9 Å². The van der Waals surface area contributed by atoms with Crippen molar-refractivity contribution in [3.8, 4) is 5.75 Å². The van der Waals surface area contributed by atoms with Gasteiger partial charge in [0, 0.05) is 5.56 Å². The first-order valence-corrected chi connectivity index (χ1v) is 7.56. The van der Waals surface area contributed by atoms with Crippen molar-refractivity contribution >= 4 is 5.78 Å². The van der Waals surface area contributed by atoms with Gasteiger partial charge in [-0.3, -0.25) is 9.69 Å². The zero-order chi connectivity index (χ0) is 15.2. The van der Waals surface area contributed by atoms with Crippen molar-refractivity contribution < 1.29 is 9.53 Å². The van der Waals surface area contributed by atoms with Gasteiger partial charge in [0.2, 0.25) is 0 Å². The predicted octanol–water partition coefficient (Wildman–Crippen LogP) is 3.78. The second-order valence-corrected chi connectivity index (χ2v) is 5.09. The Morgan fingerprint density at radius 1 is 1.10 bits per heavy atom. The minimum Gasteiger partial charge on any atom is -0.494 e. The van der Waals surface area contributed by atoms with Gasteiger partial charge in [-0.15, -0.1) is 0 Å². The maximum Gasteiger partial charge on any atom is 0.182 e. The molecule has 0 fully saturated rings. The number of nitrogens with zero attached hydrogens (tertiary/aromatic N) is 1. The lowest BCUT2D eigenvalue weighted by atomic mass is 9.86. The molecule has 1 aromatic carbocycles. The molecule has 0 N–H and O–H groups in total. The summed E-state index contributed by atoms with van der Waals surface area (Å²) in [5.74, 6) is 0.997. The molecule has 112 valence electrons. The summed E-state index contributed by atoms with van der Waals surface area (Å²) in [7, 11) is 0. The fourth-order valence-corrected chi connectivity index (χ4v) is 2.63. The molecule has 0 aliphatic heterocycles. The molecule has 0 spiro atoms. The molecule has 20 heavy (non-hydrogen) atoms. The van der Waals surface area contributed by atoms with Gasteiger partial charge in [0.05, 0.1) is 12.1 Å². The van der Waals surface area contributed by atoms with Crippen LogP contribution in [0.3, 0.4) is 0 Å². The number of Topliss-reactive ketones (excluding diaryl/α,β-unsaturated/α-hetero) is 1. The third-order valence-corrected chi connectivity index (χ3v) is 4.07. The standard InChI is InChI=1S/C17H27NO2/c1-6-17(5,18(7-2)8-3)16(19)14-10-12-15(13-11-14)20-9-4/h10-13H,6-9H2,1-5H3. The Morgan fingerprint density at radius 2 is 1.65 bits per heavy atom. The van der Waals surface area contributed by atoms with Crippen LogP contribution in [0.4, 0.5) is 0 Å². The number of hydrogen-bond acceptors (Lipinski definition) is 3. The predicted molar refractivity (Wildman–Crippen MR) is 83.6 cm³/mol. The first-order chi connectivity index (χ1) is 9.53. The average molecular weight is 277 g/mol. The quantitative estimate of drug-likeness (QED) is 0.677. The number of ether oxygens (including phenoxy) is 1. The number of rotatable bonds is 8. The van der Waals surface area contributed by atoms with E-state index in [0.717, 1.165) is 30.8 Å². The van der Waals surface area contributed by atoms with Crippen LogP contribution in [0.15, 0.2) is 24.3 Å². The summed E-state index contributed by atoms with van der Waals surface area (Å²) in [6.45, 7) is 12.7. The third kappa shape index (κ3) is 3.40. The summed E-state index contributed by atoms with van der Waals surface area (Å²) in [4.78, 5) is 15.1. The normalized spacial score (nSPS) is 14.1. The molecule has 0 saturated carbocycles. The van der Waals surface area contributed by atoms with Crippen molar-refractivity contribution in [2.24, 2.45) is 0 Å². The summed E-state index contributed by atoms with van der Waals surface area (Å²) in [5, 5.41) is 0. The minimum absolute atomic E-state index is 0.187. The molecule has 1 aromatic rings. The molecule has 0 heterocycles. The summed E-state index contributed by atoms with van der Waals surface area (Å²) >= 11 is 0. The number of ketones is 1. The Hall–Kier alpha value is -1.35. The van der Waals surface area contributed by atoms with Gasteiger partial charge < -0.3 is 4.74 Å². The van der Waals surface area contributed by atoms with Gasteiger partial charge in [0.15, 0.2) is 5.78 Å². The van der Waals surface area contributed by atoms with Crippen LogP contribution in [-0.2, 0) is 0 Å². The molecule has 0 saturated heterocycles. The van der Waals surface area contributed by atoms with E-state index in [0.29, 0.717) is 6.61 Å². The van der Waals surface area contributed by atoms with Crippen LogP contribution in [0.25, 0.3) is 0 Å². The van der Waals surface area contributed by atoms with E-state index in [1.54, 1.807) is 0 Å². The largest absolute Gasteiger partial charge is 0.494 e. The van der Waals surface area contributed by atoms with E-state index in [1.807, 2.05) is 38.1 Å². The summed E-state index contributed by atoms with van der Waals surface area (Å²) in [6, 6.07) is 7.47. The van der Waals surface area contributed by atoms with E-state index < -0.39 is 5.54 Å². The van der Waals surface area contributed by atoms with Crippen LogP contribution in [0.5, 0.6) is 5.75 Å². The molecule has 1 rings (SSSR count). The Kier molecular flexibility index (Phi) is 6.21. The lowest BCUT2D eigenvalue weighted by Crippen LogP contribution is -2.51. The number of carbonyl (C=O) groups is 1. The second-order valence-electron chi connectivity index (χ2n) is 5.09. The number of carbonyl (C=O) groups excluding carboxylic acids is 1. The van der Waals surface area contributed by atoms with E-state index in [2.05, 4.69) is 25.7 Å². The highest BCUT2D eigenvalue weighted by Crippen LogP contribution is 2.25. The zero-order valence-electron chi connectivity index (χ0n) is 13.4. The molecule has 1 unspecified atom stereocenters. The summed E-state index contributed by atoms with van der Waals surface area (Å²) in [5.41, 5.74) is 0.320. The third-order valence-electron chi connectivity index (χ3n) is 4.07. The Bertz CT molecular complexity index is 423. The number of hydrogen-bond donors (Lipinski definition) is 0. The van der Waals surface area contributed by atoms with Gasteiger partial charge in [0.25, 0.3) is 0 Å². The van der Waals surface area contributed by atoms with Crippen LogP contribution in [0, 0.1) is 0 Å². The van der Waals surface area contributed by atoms with Crippen molar-refractivity contribution in [3.63, 3.8) is 0 Å². The fraction of sp³-hybridized carbons (Fsp3) is 0.588. The van der Waals surface area contributed by atoms with Gasteiger partial charge >= 0.3 is 0 Å². The Labute approximate surface area is 122 Å². The highest BCUT2D eigenvalue weighted by Gasteiger charge is 2.36. The number of likely N-dealkylation sites (N-methyl/N-ethyl adjacent to an activating group) is 1. The Morgan fingerprint density at radius 3 is 2.05 bits per heavy atom. The molecule has 0 aromatic heterocycles. The van der Waals surface area contributed by atoms with E-state index >= 15 is 0 Å². The maximum atomic E-state index is 12.8. The van der Waals surface area contributed by atoms with Crippen LogP contribution in [0.2, 0.25) is 0 Å². The van der Waals surface area contributed by atoms with Gasteiger partial charge in [-0.05, 0) is 57.6 Å². The van der Waals surface area contributed by atoms with E-state index in [-0.39, 0.29) is 5.78 Å². The summed E-state index contributed by atoms with van der Waals surface area (Å²) < 4.78 is 5.42. The van der Waals surface area contributed by atoms with Gasteiger partial charge in [-0.1, -0.05) is 20.8 Å². The van der Waals surface area contributed by atoms with Crippen molar-refractivity contribution in [2.45, 2.75) is 46.6 Å². The van der Waals surface area contributed by atoms with Crippen molar-refractivity contribution in [1.82, 2.24) is 4.90 Å². The molecular weight excluding hydrogens is 250 g/mol. The van der Waals surface area contributed by atoms with Gasteiger partial charge in [-0.2, -0.15) is 0 Å². The van der Waals surface area contributed by atoms with Crippen LogP contribution < -0.4 is 4.74 Å². The lowest BCUT2D eigenvalue weighted by molar-refractivity contribution is 0.0608. The fourth-order valence-electron chi connectivity index (χ4n) is 2.63. The summed E-state index contributed by atoms with van der Waals surface area (Å²) in [6.07, 6.45) is 0.806. The van der Waals surface area contributed by atoms with Crippen molar-refractivity contribution in [2.75, 3.05) is 19.7 Å². The van der Waals surface area contributed by atoms with E-state index in [1.165, 1.54) is 0 Å². The van der Waals surface area contributed by atoms with E-state index in [9.17, 15) is 4.79 Å². The SMILES string of the molecule is CCOc1ccc(C(=O)C(C)(CC)N(CC)CC)cc1. The first kappa shape index (κ1) is 16.7. The van der Waals surface area contributed by atoms with Crippen LogP contribution >= 0.6 is 0 Å². The lowest BCUT2D eigenvalue weighted by Gasteiger charge is -2.38. The molecular formula is C17H27NO2. The minimum atomic E-state index is -0.434. The molecule has 0 aliphatic carbocycles. The van der Waals surface area contributed by atoms with Gasteiger partial charge in [-0.25, -0.2) is 0 Å². The molecule has 0 radical (unpaired) electrons. The maximum absolute atomic E-state index is 12.8. The van der Waals surface area contributed by atoms with Crippen LogP contribution in [0.1, 0.15) is 51.4 Å². The monoisotopic (exact) mass is 277 g/mol.